The maximum absolute atomic E-state index is 12.8. The van der Waals surface area contributed by atoms with Crippen LogP contribution < -0.4 is 5.32 Å². The lowest BCUT2D eigenvalue weighted by molar-refractivity contribution is 0.0655. The molecule has 2 aliphatic rings. The fourth-order valence-corrected chi connectivity index (χ4v) is 3.58. The van der Waals surface area contributed by atoms with Gasteiger partial charge in [0, 0.05) is 51.1 Å². The van der Waals surface area contributed by atoms with Crippen molar-refractivity contribution in [3.63, 3.8) is 0 Å². The third-order valence-corrected chi connectivity index (χ3v) is 5.01. The first kappa shape index (κ1) is 15.5. The van der Waals surface area contributed by atoms with E-state index in [9.17, 15) is 4.79 Å². The number of hydrogen-bond acceptors (Lipinski definition) is 5. The number of imidazole rings is 1. The molecule has 1 N–H and O–H groups in total. The number of carbonyl (C=O) groups is 1. The van der Waals surface area contributed by atoms with Gasteiger partial charge >= 0.3 is 0 Å². The minimum atomic E-state index is 0.0408. The molecule has 7 nitrogen and oxygen atoms in total. The second-order valence-electron chi connectivity index (χ2n) is 6.61. The summed E-state index contributed by atoms with van der Waals surface area (Å²) in [5.74, 6) is 0.0408. The topological polar surface area (TPSA) is 72.3 Å². The van der Waals surface area contributed by atoms with Crippen molar-refractivity contribution in [3.8, 4) is 0 Å². The number of carbonyl (C=O) groups excluding carboxylic acids is 1. The number of fused-ring (bicyclic) bond motifs is 1. The van der Waals surface area contributed by atoms with E-state index in [2.05, 4.69) is 26.8 Å². The van der Waals surface area contributed by atoms with Gasteiger partial charge in [0.05, 0.1) is 11.9 Å². The first-order valence-corrected chi connectivity index (χ1v) is 8.66. The predicted molar refractivity (Wildman–Crippen MR) is 90.0 cm³/mol. The van der Waals surface area contributed by atoms with E-state index in [0.29, 0.717) is 11.6 Å². The number of aromatic nitrogens is 3. The van der Waals surface area contributed by atoms with Gasteiger partial charge in [-0.05, 0) is 25.8 Å². The average Bonchev–Trinajstić information content (AvgIpc) is 3.05. The van der Waals surface area contributed by atoms with Crippen LogP contribution in [0.3, 0.4) is 0 Å². The monoisotopic (exact) mass is 329 g/mol. The summed E-state index contributed by atoms with van der Waals surface area (Å²) < 4.78 is 7.55. The van der Waals surface area contributed by atoms with Gasteiger partial charge in [0.15, 0.2) is 5.65 Å². The molecule has 1 amide bonds. The molecule has 2 fully saturated rings. The maximum Gasteiger partial charge on any atom is 0.255 e. The fourth-order valence-electron chi connectivity index (χ4n) is 3.58. The van der Waals surface area contributed by atoms with E-state index in [1.807, 2.05) is 17.3 Å². The predicted octanol–water partition coefficient (Wildman–Crippen LogP) is 1.22. The molecule has 0 spiro atoms. The second-order valence-corrected chi connectivity index (χ2v) is 6.61. The number of rotatable bonds is 2. The molecule has 2 aromatic rings. The molecule has 0 aliphatic carbocycles. The summed E-state index contributed by atoms with van der Waals surface area (Å²) in [6, 6.07) is 2.45. The molecule has 2 aromatic heterocycles. The normalized spacial score (nSPS) is 22.9. The van der Waals surface area contributed by atoms with Gasteiger partial charge in [0.25, 0.3) is 5.91 Å². The number of hydrogen-bond donors (Lipinski definition) is 1. The Kier molecular flexibility index (Phi) is 4.20. The van der Waals surface area contributed by atoms with Crippen LogP contribution in [0.25, 0.3) is 11.2 Å². The smallest absolute Gasteiger partial charge is 0.255 e. The first-order chi connectivity index (χ1) is 11.7. The molecule has 128 valence electrons. The summed E-state index contributed by atoms with van der Waals surface area (Å²) in [6.45, 7) is 6.03. The van der Waals surface area contributed by atoms with Crippen LogP contribution >= 0.6 is 0 Å². The second kappa shape index (κ2) is 6.49. The highest BCUT2D eigenvalue weighted by molar-refractivity contribution is 5.96. The zero-order valence-corrected chi connectivity index (χ0v) is 13.9. The molecule has 24 heavy (non-hydrogen) atoms. The van der Waals surface area contributed by atoms with E-state index in [1.165, 1.54) is 0 Å². The van der Waals surface area contributed by atoms with Crippen molar-refractivity contribution in [1.82, 2.24) is 24.8 Å². The zero-order chi connectivity index (χ0) is 16.5. The largest absolute Gasteiger partial charge is 0.381 e. The van der Waals surface area contributed by atoms with Gasteiger partial charge in [0.1, 0.15) is 5.52 Å². The summed E-state index contributed by atoms with van der Waals surface area (Å²) in [5, 5.41) is 3.30. The maximum atomic E-state index is 12.8. The SMILES string of the molecule is CC1CNCCN1C(=O)c1cnc2c(c1)ncn2C1CCOCC1. The molecule has 0 aromatic carbocycles. The Labute approximate surface area is 141 Å². The van der Waals surface area contributed by atoms with Crippen LogP contribution in [0.5, 0.6) is 0 Å². The summed E-state index contributed by atoms with van der Waals surface area (Å²) in [4.78, 5) is 23.7. The van der Waals surface area contributed by atoms with Crippen LogP contribution in [0.2, 0.25) is 0 Å². The van der Waals surface area contributed by atoms with Crippen molar-refractivity contribution in [2.45, 2.75) is 31.8 Å². The van der Waals surface area contributed by atoms with Gasteiger partial charge in [-0.25, -0.2) is 9.97 Å². The molecule has 2 saturated heterocycles. The van der Waals surface area contributed by atoms with Gasteiger partial charge in [0.2, 0.25) is 0 Å². The Morgan fingerprint density at radius 1 is 1.33 bits per heavy atom. The molecule has 1 unspecified atom stereocenters. The van der Waals surface area contributed by atoms with Crippen LogP contribution in [0.15, 0.2) is 18.6 Å². The van der Waals surface area contributed by atoms with Gasteiger partial charge in [-0.15, -0.1) is 0 Å². The Morgan fingerprint density at radius 3 is 2.96 bits per heavy atom. The quantitative estimate of drug-likeness (QED) is 0.897. The number of pyridine rings is 1. The highest BCUT2D eigenvalue weighted by atomic mass is 16.5. The van der Waals surface area contributed by atoms with Crippen LogP contribution in [0, 0.1) is 0 Å². The van der Waals surface area contributed by atoms with Crippen molar-refractivity contribution in [2.24, 2.45) is 0 Å². The minimum absolute atomic E-state index is 0.0408. The first-order valence-electron chi connectivity index (χ1n) is 8.66. The lowest BCUT2D eigenvalue weighted by Crippen LogP contribution is -2.52. The highest BCUT2D eigenvalue weighted by Crippen LogP contribution is 2.25. The molecule has 2 aliphatic heterocycles. The Hall–Kier alpha value is -1.99. The van der Waals surface area contributed by atoms with E-state index in [-0.39, 0.29) is 11.9 Å². The fraction of sp³-hybridized carbons (Fsp3) is 0.588. The molecular weight excluding hydrogens is 306 g/mol. The van der Waals surface area contributed by atoms with E-state index in [4.69, 9.17) is 4.74 Å². The number of ether oxygens (including phenoxy) is 1. The average molecular weight is 329 g/mol. The summed E-state index contributed by atoms with van der Waals surface area (Å²) >= 11 is 0. The number of piperazine rings is 1. The van der Waals surface area contributed by atoms with Gasteiger partial charge < -0.3 is 19.5 Å². The summed E-state index contributed by atoms with van der Waals surface area (Å²) in [5.41, 5.74) is 2.26. The van der Waals surface area contributed by atoms with Crippen molar-refractivity contribution in [2.75, 3.05) is 32.8 Å². The van der Waals surface area contributed by atoms with Crippen LogP contribution in [0.1, 0.15) is 36.2 Å². The summed E-state index contributed by atoms with van der Waals surface area (Å²) in [7, 11) is 0. The number of nitrogens with zero attached hydrogens (tertiary/aromatic N) is 4. The molecule has 7 heteroatoms. The van der Waals surface area contributed by atoms with Gasteiger partial charge in [-0.2, -0.15) is 0 Å². The Morgan fingerprint density at radius 2 is 2.17 bits per heavy atom. The van der Waals surface area contributed by atoms with E-state index in [1.54, 1.807) is 6.20 Å². The third-order valence-electron chi connectivity index (χ3n) is 5.01. The lowest BCUT2D eigenvalue weighted by atomic mass is 10.1. The van der Waals surface area contributed by atoms with E-state index in [0.717, 1.165) is 56.9 Å². The molecule has 4 heterocycles. The minimum Gasteiger partial charge on any atom is -0.381 e. The molecular formula is C17H23N5O2. The van der Waals surface area contributed by atoms with Crippen LogP contribution in [0.4, 0.5) is 0 Å². The molecule has 1 atom stereocenters. The van der Waals surface area contributed by atoms with Crippen LogP contribution in [-0.4, -0.2) is 64.2 Å². The van der Waals surface area contributed by atoms with Gasteiger partial charge in [-0.1, -0.05) is 0 Å². The summed E-state index contributed by atoms with van der Waals surface area (Å²) in [6.07, 6.45) is 5.49. The van der Waals surface area contributed by atoms with Crippen molar-refractivity contribution in [3.05, 3.63) is 24.2 Å². The van der Waals surface area contributed by atoms with Crippen molar-refractivity contribution < 1.29 is 9.53 Å². The van der Waals surface area contributed by atoms with Crippen molar-refractivity contribution >= 4 is 17.1 Å². The number of amides is 1. The van der Waals surface area contributed by atoms with Crippen LogP contribution in [-0.2, 0) is 4.74 Å². The molecule has 4 rings (SSSR count). The highest BCUT2D eigenvalue weighted by Gasteiger charge is 2.25. The van der Waals surface area contributed by atoms with Crippen molar-refractivity contribution in [1.29, 1.82) is 0 Å². The zero-order valence-electron chi connectivity index (χ0n) is 13.9. The van der Waals surface area contributed by atoms with E-state index < -0.39 is 0 Å². The molecule has 0 saturated carbocycles. The van der Waals surface area contributed by atoms with Gasteiger partial charge in [-0.3, -0.25) is 4.79 Å². The Balaban J connectivity index is 1.60. The lowest BCUT2D eigenvalue weighted by Gasteiger charge is -2.33. The third kappa shape index (κ3) is 2.78. The Bertz CT molecular complexity index is 738. The molecule has 0 bridgehead atoms. The number of nitrogens with one attached hydrogen (secondary N) is 1. The molecule has 0 radical (unpaired) electrons. The van der Waals surface area contributed by atoms with E-state index >= 15 is 0 Å². The standard InChI is InChI=1S/C17H23N5O2/c1-12-9-18-4-5-21(12)17(23)13-8-15-16(19-10-13)22(11-20-15)14-2-6-24-7-3-14/h8,10-12,14,18H,2-7,9H2,1H3.